The first-order valence-electron chi connectivity index (χ1n) is 5.71. The number of hydrogen-bond acceptors (Lipinski definition) is 2. The van der Waals surface area contributed by atoms with Gasteiger partial charge < -0.3 is 4.74 Å². The molecule has 0 aliphatic carbocycles. The molecule has 0 atom stereocenters. The van der Waals surface area contributed by atoms with Crippen molar-refractivity contribution in [3.8, 4) is 11.1 Å². The average Bonchev–Trinajstić information content (AvgIpc) is 2.46. The Bertz CT molecular complexity index is 539. The third kappa shape index (κ3) is 3.08. The van der Waals surface area contributed by atoms with Crippen LogP contribution in [0.25, 0.3) is 17.2 Å². The van der Waals surface area contributed by atoms with E-state index in [1.807, 2.05) is 42.5 Å². The Kier molecular flexibility index (Phi) is 3.92. The van der Waals surface area contributed by atoms with E-state index in [2.05, 4.69) is 16.9 Å². The first-order valence-corrected chi connectivity index (χ1v) is 5.71. The number of carbonyl (C=O) groups excluding carboxylic acids is 1. The fraction of sp³-hybridized carbons (Fsp3) is 0.0625. The Morgan fingerprint density at radius 3 is 2.17 bits per heavy atom. The van der Waals surface area contributed by atoms with Crippen molar-refractivity contribution >= 4 is 12.0 Å². The van der Waals surface area contributed by atoms with Crippen molar-refractivity contribution in [3.05, 3.63) is 66.2 Å². The summed E-state index contributed by atoms with van der Waals surface area (Å²) in [5.41, 5.74) is 3.31. The Morgan fingerprint density at radius 1 is 0.944 bits per heavy atom. The van der Waals surface area contributed by atoms with E-state index < -0.39 is 0 Å². The van der Waals surface area contributed by atoms with E-state index in [0.717, 1.165) is 11.1 Å². The molecule has 18 heavy (non-hydrogen) atoms. The number of benzene rings is 2. The van der Waals surface area contributed by atoms with E-state index in [4.69, 9.17) is 0 Å². The van der Waals surface area contributed by atoms with Crippen LogP contribution in [0.15, 0.2) is 60.7 Å². The van der Waals surface area contributed by atoms with E-state index in [1.54, 1.807) is 6.08 Å². The van der Waals surface area contributed by atoms with E-state index in [9.17, 15) is 4.79 Å². The van der Waals surface area contributed by atoms with Gasteiger partial charge in [0.25, 0.3) is 0 Å². The molecule has 0 aliphatic rings. The molecule has 0 fully saturated rings. The van der Waals surface area contributed by atoms with Crippen LogP contribution in [0.2, 0.25) is 0 Å². The molecule has 0 aliphatic heterocycles. The molecule has 0 aromatic heterocycles. The smallest absolute Gasteiger partial charge is 0.330 e. The van der Waals surface area contributed by atoms with E-state index >= 15 is 0 Å². The zero-order valence-corrected chi connectivity index (χ0v) is 10.2. The fourth-order valence-electron chi connectivity index (χ4n) is 1.65. The molecule has 90 valence electrons. The Morgan fingerprint density at radius 2 is 1.56 bits per heavy atom. The Labute approximate surface area is 107 Å². The van der Waals surface area contributed by atoms with Crippen molar-refractivity contribution in [3.63, 3.8) is 0 Å². The molecular formula is C16H14O2. The number of rotatable bonds is 3. The quantitative estimate of drug-likeness (QED) is 0.604. The SMILES string of the molecule is COC(=O)C=Cc1ccc(-c2ccccc2)cc1. The second-order valence-corrected chi connectivity index (χ2v) is 3.84. The summed E-state index contributed by atoms with van der Waals surface area (Å²) in [5.74, 6) is -0.345. The van der Waals surface area contributed by atoms with Crippen LogP contribution in [0, 0.1) is 0 Å². The van der Waals surface area contributed by atoms with Gasteiger partial charge in [0.2, 0.25) is 0 Å². The average molecular weight is 238 g/mol. The molecule has 0 radical (unpaired) electrons. The molecule has 2 aromatic carbocycles. The van der Waals surface area contributed by atoms with Gasteiger partial charge in [0, 0.05) is 6.08 Å². The van der Waals surface area contributed by atoms with Gasteiger partial charge in [0.15, 0.2) is 0 Å². The van der Waals surface area contributed by atoms with Crippen LogP contribution in [0.5, 0.6) is 0 Å². The number of methoxy groups -OCH3 is 1. The van der Waals surface area contributed by atoms with Gasteiger partial charge in [-0.15, -0.1) is 0 Å². The molecule has 2 rings (SSSR count). The normalized spacial score (nSPS) is 10.5. The lowest BCUT2D eigenvalue weighted by atomic mass is 10.0. The topological polar surface area (TPSA) is 26.3 Å². The zero-order chi connectivity index (χ0) is 12.8. The van der Waals surface area contributed by atoms with Crippen molar-refractivity contribution in [2.75, 3.05) is 7.11 Å². The third-order valence-electron chi connectivity index (χ3n) is 2.63. The summed E-state index contributed by atoms with van der Waals surface area (Å²) in [7, 11) is 1.37. The van der Waals surface area contributed by atoms with Gasteiger partial charge in [0.1, 0.15) is 0 Å². The lowest BCUT2D eigenvalue weighted by Gasteiger charge is -2.01. The first kappa shape index (κ1) is 12.1. The standard InChI is InChI=1S/C16H14O2/c1-18-16(17)12-9-13-7-10-15(11-8-13)14-5-3-2-4-6-14/h2-12H,1H3. The lowest BCUT2D eigenvalue weighted by Crippen LogP contribution is -1.93. The number of hydrogen-bond donors (Lipinski definition) is 0. The molecule has 2 nitrogen and oxygen atoms in total. The second kappa shape index (κ2) is 5.82. The third-order valence-corrected chi connectivity index (χ3v) is 2.63. The molecule has 0 N–H and O–H groups in total. The molecule has 0 saturated heterocycles. The van der Waals surface area contributed by atoms with Crippen LogP contribution >= 0.6 is 0 Å². The van der Waals surface area contributed by atoms with Crippen LogP contribution in [0.4, 0.5) is 0 Å². The fourth-order valence-corrected chi connectivity index (χ4v) is 1.65. The maximum Gasteiger partial charge on any atom is 0.330 e. The molecule has 2 heteroatoms. The summed E-state index contributed by atoms with van der Waals surface area (Å²) < 4.78 is 4.54. The van der Waals surface area contributed by atoms with Gasteiger partial charge in [-0.25, -0.2) is 4.79 Å². The highest BCUT2D eigenvalue weighted by Gasteiger charge is 1.96. The van der Waals surface area contributed by atoms with Gasteiger partial charge in [0.05, 0.1) is 7.11 Å². The number of carbonyl (C=O) groups is 1. The van der Waals surface area contributed by atoms with Crippen LogP contribution in [0.1, 0.15) is 5.56 Å². The van der Waals surface area contributed by atoms with Crippen molar-refractivity contribution in [1.82, 2.24) is 0 Å². The van der Waals surface area contributed by atoms with Crippen molar-refractivity contribution in [1.29, 1.82) is 0 Å². The predicted molar refractivity (Wildman–Crippen MR) is 72.9 cm³/mol. The van der Waals surface area contributed by atoms with Crippen LogP contribution in [-0.2, 0) is 9.53 Å². The first-order chi connectivity index (χ1) is 8.79. The van der Waals surface area contributed by atoms with E-state index in [0.29, 0.717) is 0 Å². The summed E-state index contributed by atoms with van der Waals surface area (Å²) in [6.45, 7) is 0. The summed E-state index contributed by atoms with van der Waals surface area (Å²) in [4.78, 5) is 11.0. The van der Waals surface area contributed by atoms with Gasteiger partial charge in [-0.2, -0.15) is 0 Å². The van der Waals surface area contributed by atoms with Crippen molar-refractivity contribution < 1.29 is 9.53 Å². The summed E-state index contributed by atoms with van der Waals surface area (Å²) in [6.07, 6.45) is 3.15. The number of esters is 1. The van der Waals surface area contributed by atoms with E-state index in [1.165, 1.54) is 18.7 Å². The molecule has 2 aromatic rings. The highest BCUT2D eigenvalue weighted by molar-refractivity contribution is 5.87. The molecule has 0 bridgehead atoms. The number of ether oxygens (including phenoxy) is 1. The van der Waals surface area contributed by atoms with Crippen LogP contribution < -0.4 is 0 Å². The monoisotopic (exact) mass is 238 g/mol. The molecule has 0 amide bonds. The Hall–Kier alpha value is -2.35. The molecule has 0 heterocycles. The molecule has 0 saturated carbocycles. The van der Waals surface area contributed by atoms with Gasteiger partial charge in [-0.3, -0.25) is 0 Å². The largest absolute Gasteiger partial charge is 0.466 e. The summed E-state index contributed by atoms with van der Waals surface area (Å²) in [5, 5.41) is 0. The van der Waals surface area contributed by atoms with Gasteiger partial charge in [-0.05, 0) is 22.8 Å². The van der Waals surface area contributed by atoms with Crippen molar-refractivity contribution in [2.45, 2.75) is 0 Å². The highest BCUT2D eigenvalue weighted by Crippen LogP contribution is 2.19. The molecule has 0 spiro atoms. The second-order valence-electron chi connectivity index (χ2n) is 3.84. The zero-order valence-electron chi connectivity index (χ0n) is 10.2. The summed E-state index contributed by atoms with van der Waals surface area (Å²) >= 11 is 0. The highest BCUT2D eigenvalue weighted by atomic mass is 16.5. The predicted octanol–water partition coefficient (Wildman–Crippen LogP) is 3.54. The lowest BCUT2D eigenvalue weighted by molar-refractivity contribution is -0.134. The minimum atomic E-state index is -0.345. The maximum atomic E-state index is 11.0. The van der Waals surface area contributed by atoms with E-state index in [-0.39, 0.29) is 5.97 Å². The molecule has 0 unspecified atom stereocenters. The van der Waals surface area contributed by atoms with Crippen LogP contribution in [-0.4, -0.2) is 13.1 Å². The summed E-state index contributed by atoms with van der Waals surface area (Å²) in [6, 6.07) is 18.2. The Balaban J connectivity index is 2.16. The minimum Gasteiger partial charge on any atom is -0.466 e. The van der Waals surface area contributed by atoms with Crippen LogP contribution in [0.3, 0.4) is 0 Å². The van der Waals surface area contributed by atoms with Gasteiger partial charge >= 0.3 is 5.97 Å². The maximum absolute atomic E-state index is 11.0. The molecular weight excluding hydrogens is 224 g/mol. The minimum absolute atomic E-state index is 0.345. The van der Waals surface area contributed by atoms with Crippen molar-refractivity contribution in [2.24, 2.45) is 0 Å². The van der Waals surface area contributed by atoms with Gasteiger partial charge in [-0.1, -0.05) is 54.6 Å².